The monoisotopic (exact) mass is 362 g/mol. The average Bonchev–Trinajstić information content (AvgIpc) is 3.10. The van der Waals surface area contributed by atoms with Gasteiger partial charge < -0.3 is 9.80 Å². The van der Waals surface area contributed by atoms with Crippen LogP contribution in [0.2, 0.25) is 0 Å². The van der Waals surface area contributed by atoms with E-state index in [0.717, 1.165) is 16.9 Å². The first kappa shape index (κ1) is 17.2. The molecule has 0 radical (unpaired) electrons. The molecule has 0 N–H and O–H groups in total. The summed E-state index contributed by atoms with van der Waals surface area (Å²) in [6.45, 7) is 6.71. The molecule has 0 atom stereocenters. The Kier molecular flexibility index (Phi) is 4.58. The van der Waals surface area contributed by atoms with Crippen molar-refractivity contribution in [2.45, 2.75) is 13.8 Å². The second kappa shape index (κ2) is 7.19. The predicted molar refractivity (Wildman–Crippen MR) is 103 cm³/mol. The molecule has 0 spiro atoms. The first-order valence-electron chi connectivity index (χ1n) is 9.07. The fourth-order valence-corrected chi connectivity index (χ4v) is 3.33. The summed E-state index contributed by atoms with van der Waals surface area (Å²) in [7, 11) is 0. The number of nitrogens with zero attached hydrogens (tertiary/aromatic N) is 6. The van der Waals surface area contributed by atoms with Crippen molar-refractivity contribution < 1.29 is 4.79 Å². The van der Waals surface area contributed by atoms with Gasteiger partial charge in [-0.1, -0.05) is 12.1 Å². The van der Waals surface area contributed by atoms with E-state index in [1.54, 1.807) is 18.5 Å². The molecular weight excluding hydrogens is 340 g/mol. The summed E-state index contributed by atoms with van der Waals surface area (Å²) in [6.07, 6.45) is 3.47. The van der Waals surface area contributed by atoms with Gasteiger partial charge in [0.05, 0.1) is 5.69 Å². The van der Waals surface area contributed by atoms with Crippen LogP contribution in [-0.2, 0) is 0 Å². The van der Waals surface area contributed by atoms with E-state index in [1.807, 2.05) is 47.7 Å². The highest BCUT2D eigenvalue weighted by atomic mass is 16.2. The molecule has 1 fully saturated rings. The lowest BCUT2D eigenvalue weighted by Crippen LogP contribution is -2.49. The van der Waals surface area contributed by atoms with E-state index in [9.17, 15) is 4.79 Å². The first-order valence-corrected chi connectivity index (χ1v) is 9.07. The van der Waals surface area contributed by atoms with Crippen molar-refractivity contribution in [2.75, 3.05) is 31.1 Å². The number of aromatic nitrogens is 4. The highest BCUT2D eigenvalue weighted by Crippen LogP contribution is 2.16. The zero-order chi connectivity index (χ0) is 18.8. The van der Waals surface area contributed by atoms with Gasteiger partial charge in [-0.25, -0.2) is 14.6 Å². The molecule has 7 heteroatoms. The van der Waals surface area contributed by atoms with Crippen LogP contribution in [0.25, 0.3) is 5.69 Å². The maximum Gasteiger partial charge on any atom is 0.274 e. The molecule has 4 rings (SSSR count). The molecule has 1 aliphatic rings. The molecular formula is C20H22N6O. The molecule has 2 aromatic heterocycles. The molecule has 27 heavy (non-hydrogen) atoms. The van der Waals surface area contributed by atoms with Gasteiger partial charge in [0.1, 0.15) is 0 Å². The molecule has 0 bridgehead atoms. The fraction of sp³-hybridized carbons (Fsp3) is 0.300. The standard InChI is InChI=1S/C20H22N6O/c1-15-5-3-6-17(13-15)26-16(2)14-18(23-26)19(27)24-9-11-25(12-10-24)20-21-7-4-8-22-20/h3-8,13-14H,9-12H2,1-2H3. The third-order valence-corrected chi connectivity index (χ3v) is 4.75. The Bertz CT molecular complexity index is 944. The fourth-order valence-electron chi connectivity index (χ4n) is 3.33. The lowest BCUT2D eigenvalue weighted by Gasteiger charge is -2.34. The van der Waals surface area contributed by atoms with Crippen molar-refractivity contribution in [3.63, 3.8) is 0 Å². The van der Waals surface area contributed by atoms with Crippen molar-refractivity contribution in [3.05, 3.63) is 65.7 Å². The SMILES string of the molecule is Cc1cccc(-n2nc(C(=O)N3CCN(c4ncccn4)CC3)cc2C)c1. The third-order valence-electron chi connectivity index (χ3n) is 4.75. The highest BCUT2D eigenvalue weighted by Gasteiger charge is 2.25. The Balaban J connectivity index is 1.47. The van der Waals surface area contributed by atoms with Crippen LogP contribution in [0.15, 0.2) is 48.8 Å². The maximum atomic E-state index is 12.9. The summed E-state index contributed by atoms with van der Waals surface area (Å²) >= 11 is 0. The van der Waals surface area contributed by atoms with Crippen molar-refractivity contribution >= 4 is 11.9 Å². The number of amides is 1. The first-order chi connectivity index (χ1) is 13.1. The van der Waals surface area contributed by atoms with Gasteiger partial charge in [-0.3, -0.25) is 4.79 Å². The van der Waals surface area contributed by atoms with Gasteiger partial charge >= 0.3 is 0 Å². The molecule has 1 aromatic carbocycles. The van der Waals surface area contributed by atoms with Crippen LogP contribution in [-0.4, -0.2) is 56.7 Å². The molecule has 0 unspecified atom stereocenters. The molecule has 7 nitrogen and oxygen atoms in total. The second-order valence-electron chi connectivity index (χ2n) is 6.75. The summed E-state index contributed by atoms with van der Waals surface area (Å²) < 4.78 is 1.83. The predicted octanol–water partition coefficient (Wildman–Crippen LogP) is 2.24. The van der Waals surface area contributed by atoms with Crippen LogP contribution in [0.3, 0.4) is 0 Å². The number of carbonyl (C=O) groups is 1. The zero-order valence-corrected chi connectivity index (χ0v) is 15.5. The molecule has 1 amide bonds. The summed E-state index contributed by atoms with van der Waals surface area (Å²) in [4.78, 5) is 25.4. The topological polar surface area (TPSA) is 67.2 Å². The van der Waals surface area contributed by atoms with E-state index in [1.165, 1.54) is 0 Å². The van der Waals surface area contributed by atoms with Gasteiger partial charge in [0.2, 0.25) is 5.95 Å². The van der Waals surface area contributed by atoms with Crippen LogP contribution < -0.4 is 4.90 Å². The van der Waals surface area contributed by atoms with Crippen LogP contribution in [0, 0.1) is 13.8 Å². The summed E-state index contributed by atoms with van der Waals surface area (Å²) in [5.74, 6) is 0.683. The van der Waals surface area contributed by atoms with Crippen LogP contribution in [0.4, 0.5) is 5.95 Å². The number of rotatable bonds is 3. The average molecular weight is 362 g/mol. The number of carbonyl (C=O) groups excluding carboxylic acids is 1. The van der Waals surface area contributed by atoms with Gasteiger partial charge in [0.25, 0.3) is 5.91 Å². The summed E-state index contributed by atoms with van der Waals surface area (Å²) in [6, 6.07) is 11.8. The minimum absolute atomic E-state index is 0.0295. The van der Waals surface area contributed by atoms with Crippen LogP contribution in [0.5, 0.6) is 0 Å². The quantitative estimate of drug-likeness (QED) is 0.715. The number of hydrogen-bond acceptors (Lipinski definition) is 5. The summed E-state index contributed by atoms with van der Waals surface area (Å²) in [5, 5.41) is 4.56. The Labute approximate surface area is 158 Å². The van der Waals surface area contributed by atoms with Crippen molar-refractivity contribution in [1.82, 2.24) is 24.6 Å². The van der Waals surface area contributed by atoms with E-state index in [0.29, 0.717) is 37.8 Å². The summed E-state index contributed by atoms with van der Waals surface area (Å²) in [5.41, 5.74) is 3.56. The van der Waals surface area contributed by atoms with Crippen LogP contribution >= 0.6 is 0 Å². The molecule has 3 aromatic rings. The lowest BCUT2D eigenvalue weighted by molar-refractivity contribution is 0.0740. The van der Waals surface area contributed by atoms with E-state index >= 15 is 0 Å². The Morgan fingerprint density at radius 1 is 0.963 bits per heavy atom. The van der Waals surface area contributed by atoms with Crippen molar-refractivity contribution in [3.8, 4) is 5.69 Å². The molecule has 1 aliphatic heterocycles. The molecule has 3 heterocycles. The smallest absolute Gasteiger partial charge is 0.274 e. The van der Waals surface area contributed by atoms with Gasteiger partial charge in [-0.15, -0.1) is 0 Å². The number of piperazine rings is 1. The largest absolute Gasteiger partial charge is 0.337 e. The number of aryl methyl sites for hydroxylation is 2. The van der Waals surface area contributed by atoms with E-state index in [4.69, 9.17) is 0 Å². The number of benzene rings is 1. The number of hydrogen-bond donors (Lipinski definition) is 0. The molecule has 0 saturated carbocycles. The molecule has 0 aliphatic carbocycles. The molecule has 1 saturated heterocycles. The lowest BCUT2D eigenvalue weighted by atomic mass is 10.2. The van der Waals surface area contributed by atoms with Crippen molar-refractivity contribution in [1.29, 1.82) is 0 Å². The van der Waals surface area contributed by atoms with E-state index in [2.05, 4.69) is 26.0 Å². The highest BCUT2D eigenvalue weighted by molar-refractivity contribution is 5.92. The van der Waals surface area contributed by atoms with Crippen LogP contribution in [0.1, 0.15) is 21.7 Å². The van der Waals surface area contributed by atoms with Crippen molar-refractivity contribution in [2.24, 2.45) is 0 Å². The third kappa shape index (κ3) is 3.53. The second-order valence-corrected chi connectivity index (χ2v) is 6.75. The Morgan fingerprint density at radius 3 is 2.41 bits per heavy atom. The Hall–Kier alpha value is -3.22. The van der Waals surface area contributed by atoms with Gasteiger partial charge in [0.15, 0.2) is 5.69 Å². The van der Waals surface area contributed by atoms with Gasteiger partial charge in [-0.05, 0) is 43.7 Å². The maximum absolute atomic E-state index is 12.9. The minimum atomic E-state index is -0.0295. The number of anilines is 1. The zero-order valence-electron chi connectivity index (χ0n) is 15.5. The van der Waals surface area contributed by atoms with E-state index < -0.39 is 0 Å². The van der Waals surface area contributed by atoms with Gasteiger partial charge in [-0.2, -0.15) is 5.10 Å². The minimum Gasteiger partial charge on any atom is -0.337 e. The molecule has 138 valence electrons. The van der Waals surface area contributed by atoms with E-state index in [-0.39, 0.29) is 5.91 Å². The Morgan fingerprint density at radius 2 is 1.70 bits per heavy atom. The normalized spacial score (nSPS) is 14.4. The van der Waals surface area contributed by atoms with Gasteiger partial charge in [0, 0.05) is 44.3 Å².